The minimum absolute atomic E-state index is 0.366. The second kappa shape index (κ2) is 8.01. The third-order valence-electron chi connectivity index (χ3n) is 3.67. The minimum atomic E-state index is 0.366. The number of aliphatic imine (C=N–C) groups is 1. The fourth-order valence-electron chi connectivity index (χ4n) is 2.47. The summed E-state index contributed by atoms with van der Waals surface area (Å²) in [5.74, 6) is 1.13. The van der Waals surface area contributed by atoms with Gasteiger partial charge in [-0.25, -0.2) is 4.99 Å². The molecule has 0 spiro atoms. The number of ether oxygens (including phenoxy) is 1. The molecule has 0 fully saturated rings. The number of methoxy groups -OCH3 is 1. The summed E-state index contributed by atoms with van der Waals surface area (Å²) < 4.78 is 7.08. The van der Waals surface area contributed by atoms with Crippen LogP contribution in [0.4, 0.5) is 5.69 Å². The van der Waals surface area contributed by atoms with Crippen molar-refractivity contribution in [3.05, 3.63) is 78.1 Å². The van der Waals surface area contributed by atoms with Gasteiger partial charge in [0.2, 0.25) is 0 Å². The van der Waals surface area contributed by atoms with Gasteiger partial charge in [0, 0.05) is 24.1 Å². The van der Waals surface area contributed by atoms with Crippen molar-refractivity contribution in [2.24, 2.45) is 10.7 Å². The summed E-state index contributed by atoms with van der Waals surface area (Å²) in [7, 11) is 1.63. The number of guanidine groups is 1. The van der Waals surface area contributed by atoms with Gasteiger partial charge in [0.15, 0.2) is 5.96 Å². The van der Waals surface area contributed by atoms with Crippen molar-refractivity contribution in [2.75, 3.05) is 12.4 Å². The van der Waals surface area contributed by atoms with Crippen molar-refractivity contribution in [2.45, 2.75) is 13.1 Å². The number of rotatable bonds is 6. The summed E-state index contributed by atoms with van der Waals surface area (Å²) in [4.78, 5) is 4.40. The summed E-state index contributed by atoms with van der Waals surface area (Å²) in [5, 5.41) is 7.30. The Hall–Kier alpha value is -3.28. The molecule has 0 unspecified atom stereocenters. The molecule has 0 radical (unpaired) electrons. The Labute approximate surface area is 147 Å². The molecule has 0 saturated heterocycles. The van der Waals surface area contributed by atoms with Gasteiger partial charge in [0.25, 0.3) is 0 Å². The van der Waals surface area contributed by atoms with E-state index in [4.69, 9.17) is 10.5 Å². The molecule has 0 amide bonds. The lowest BCUT2D eigenvalue weighted by molar-refractivity contribution is 0.415. The van der Waals surface area contributed by atoms with Crippen molar-refractivity contribution in [1.29, 1.82) is 0 Å². The van der Waals surface area contributed by atoms with E-state index in [2.05, 4.69) is 27.5 Å². The van der Waals surface area contributed by atoms with Crippen LogP contribution in [0.2, 0.25) is 0 Å². The zero-order valence-electron chi connectivity index (χ0n) is 14.1. The minimum Gasteiger partial charge on any atom is -0.497 e. The highest BCUT2D eigenvalue weighted by Gasteiger charge is 2.00. The molecule has 0 aliphatic heterocycles. The number of hydrogen-bond donors (Lipinski definition) is 2. The van der Waals surface area contributed by atoms with E-state index in [1.165, 1.54) is 5.56 Å². The predicted molar refractivity (Wildman–Crippen MR) is 99.7 cm³/mol. The van der Waals surface area contributed by atoms with Gasteiger partial charge in [-0.05, 0) is 29.3 Å². The number of nitrogens with zero attached hydrogens (tertiary/aromatic N) is 3. The first-order chi connectivity index (χ1) is 12.2. The highest BCUT2D eigenvalue weighted by molar-refractivity contribution is 5.92. The molecule has 3 N–H and O–H groups in total. The lowest BCUT2D eigenvalue weighted by atomic mass is 10.1. The first kappa shape index (κ1) is 16.6. The van der Waals surface area contributed by atoms with Crippen LogP contribution >= 0.6 is 0 Å². The molecule has 128 valence electrons. The van der Waals surface area contributed by atoms with Crippen molar-refractivity contribution in [3.63, 3.8) is 0 Å². The molecular formula is C19H21N5O. The van der Waals surface area contributed by atoms with Gasteiger partial charge in [-0.3, -0.25) is 4.68 Å². The van der Waals surface area contributed by atoms with Crippen LogP contribution < -0.4 is 15.8 Å². The molecule has 25 heavy (non-hydrogen) atoms. The normalized spacial score (nSPS) is 11.3. The van der Waals surface area contributed by atoms with Crippen LogP contribution in [0.3, 0.4) is 0 Å². The largest absolute Gasteiger partial charge is 0.497 e. The Bertz CT molecular complexity index is 843. The Balaban J connectivity index is 1.62. The Kier molecular flexibility index (Phi) is 5.31. The van der Waals surface area contributed by atoms with Crippen LogP contribution in [0, 0.1) is 0 Å². The Morgan fingerprint density at radius 1 is 1.16 bits per heavy atom. The predicted octanol–water partition coefficient (Wildman–Crippen LogP) is 2.87. The van der Waals surface area contributed by atoms with E-state index in [0.29, 0.717) is 12.5 Å². The van der Waals surface area contributed by atoms with Gasteiger partial charge >= 0.3 is 0 Å². The number of aromatic nitrogens is 2. The van der Waals surface area contributed by atoms with Gasteiger partial charge in [-0.1, -0.05) is 30.3 Å². The molecule has 6 heteroatoms. The monoisotopic (exact) mass is 335 g/mol. The second-order valence-electron chi connectivity index (χ2n) is 5.58. The molecule has 0 aliphatic carbocycles. The van der Waals surface area contributed by atoms with Gasteiger partial charge in [-0.15, -0.1) is 0 Å². The van der Waals surface area contributed by atoms with E-state index in [1.54, 1.807) is 13.3 Å². The van der Waals surface area contributed by atoms with E-state index >= 15 is 0 Å². The van der Waals surface area contributed by atoms with Crippen LogP contribution in [0.25, 0.3) is 0 Å². The van der Waals surface area contributed by atoms with Crippen molar-refractivity contribution in [1.82, 2.24) is 9.78 Å². The molecule has 0 aliphatic rings. The fourth-order valence-corrected chi connectivity index (χ4v) is 2.47. The molecule has 0 saturated carbocycles. The van der Waals surface area contributed by atoms with E-state index in [0.717, 1.165) is 23.5 Å². The van der Waals surface area contributed by atoms with E-state index in [9.17, 15) is 0 Å². The van der Waals surface area contributed by atoms with Gasteiger partial charge in [0.05, 0.1) is 20.2 Å². The molecule has 2 aromatic carbocycles. The third-order valence-corrected chi connectivity index (χ3v) is 3.67. The number of nitrogens with one attached hydrogen (secondary N) is 1. The summed E-state index contributed by atoms with van der Waals surface area (Å²) >= 11 is 0. The van der Waals surface area contributed by atoms with Crippen molar-refractivity contribution in [3.8, 4) is 5.75 Å². The van der Waals surface area contributed by atoms with E-state index < -0.39 is 0 Å². The standard InChI is InChI=1S/C19H21N5O/c1-25-18-8-3-7-17(12-18)23-19(20)21-13-15-5-2-6-16(11-15)14-24-10-4-9-22-24/h2-12H,13-14H2,1H3,(H3,20,21,23). The molecule has 1 aromatic heterocycles. The van der Waals surface area contributed by atoms with Crippen molar-refractivity contribution >= 4 is 11.6 Å². The molecular weight excluding hydrogens is 314 g/mol. The van der Waals surface area contributed by atoms with Crippen molar-refractivity contribution < 1.29 is 4.74 Å². The number of benzene rings is 2. The highest BCUT2D eigenvalue weighted by Crippen LogP contribution is 2.16. The van der Waals surface area contributed by atoms with Gasteiger partial charge in [0.1, 0.15) is 5.75 Å². The lowest BCUT2D eigenvalue weighted by Gasteiger charge is -2.08. The van der Waals surface area contributed by atoms with Crippen LogP contribution in [0.5, 0.6) is 5.75 Å². The maximum Gasteiger partial charge on any atom is 0.193 e. The third kappa shape index (κ3) is 4.84. The maximum atomic E-state index is 5.98. The number of hydrogen-bond acceptors (Lipinski definition) is 3. The average molecular weight is 335 g/mol. The van der Waals surface area contributed by atoms with E-state index in [1.807, 2.05) is 53.3 Å². The number of anilines is 1. The molecule has 3 rings (SSSR count). The van der Waals surface area contributed by atoms with Crippen LogP contribution in [-0.4, -0.2) is 22.8 Å². The second-order valence-corrected chi connectivity index (χ2v) is 5.58. The lowest BCUT2D eigenvalue weighted by Crippen LogP contribution is -2.22. The molecule has 0 bridgehead atoms. The first-order valence-corrected chi connectivity index (χ1v) is 7.99. The molecule has 1 heterocycles. The fraction of sp³-hybridized carbons (Fsp3) is 0.158. The van der Waals surface area contributed by atoms with E-state index in [-0.39, 0.29) is 0 Å². The summed E-state index contributed by atoms with van der Waals surface area (Å²) in [6.45, 7) is 1.25. The molecule has 0 atom stereocenters. The van der Waals surface area contributed by atoms with Gasteiger partial charge < -0.3 is 15.8 Å². The van der Waals surface area contributed by atoms with Crippen LogP contribution in [-0.2, 0) is 13.1 Å². The zero-order chi connectivity index (χ0) is 17.5. The first-order valence-electron chi connectivity index (χ1n) is 7.99. The summed E-state index contributed by atoms with van der Waals surface area (Å²) in [6, 6.07) is 17.7. The molecule has 3 aromatic rings. The quantitative estimate of drug-likeness (QED) is 0.536. The smallest absolute Gasteiger partial charge is 0.193 e. The van der Waals surface area contributed by atoms with Gasteiger partial charge in [-0.2, -0.15) is 5.10 Å². The average Bonchev–Trinajstić information content (AvgIpc) is 3.13. The summed E-state index contributed by atoms with van der Waals surface area (Å²) in [5.41, 5.74) is 9.09. The Morgan fingerprint density at radius 3 is 2.80 bits per heavy atom. The molecule has 6 nitrogen and oxygen atoms in total. The van der Waals surface area contributed by atoms with Crippen LogP contribution in [0.1, 0.15) is 11.1 Å². The maximum absolute atomic E-state index is 5.98. The number of nitrogens with two attached hydrogens (primary N) is 1. The topological polar surface area (TPSA) is 77.5 Å². The SMILES string of the molecule is COc1cccc(NC(N)=NCc2cccc(Cn3cccn3)c2)c1. The van der Waals surface area contributed by atoms with Crippen LogP contribution in [0.15, 0.2) is 72.0 Å². The zero-order valence-corrected chi connectivity index (χ0v) is 14.1. The highest BCUT2D eigenvalue weighted by atomic mass is 16.5. The summed E-state index contributed by atoms with van der Waals surface area (Å²) in [6.07, 6.45) is 3.72. The Morgan fingerprint density at radius 2 is 2.00 bits per heavy atom.